The Hall–Kier alpha value is -1.97. The van der Waals surface area contributed by atoms with Crippen molar-refractivity contribution in [2.45, 2.75) is 18.4 Å². The lowest BCUT2D eigenvalue weighted by molar-refractivity contribution is 0.0694. The molecule has 0 amide bonds. The molecule has 0 bridgehead atoms. The van der Waals surface area contributed by atoms with Gasteiger partial charge in [-0.05, 0) is 36.1 Å². The van der Waals surface area contributed by atoms with Gasteiger partial charge in [0.25, 0.3) is 0 Å². The molecule has 0 unspecified atom stereocenters. The van der Waals surface area contributed by atoms with E-state index in [1.54, 1.807) is 18.2 Å². The summed E-state index contributed by atoms with van der Waals surface area (Å²) in [5.74, 6) is -0.564. The maximum Gasteiger partial charge on any atom is 0.336 e. The largest absolute Gasteiger partial charge is 0.478 e. The van der Waals surface area contributed by atoms with Crippen LogP contribution in [0.4, 0.5) is 5.69 Å². The third-order valence-corrected chi connectivity index (χ3v) is 5.59. The number of carbonyl (C=O) groups is 1. The van der Waals surface area contributed by atoms with Gasteiger partial charge in [-0.2, -0.15) is 0 Å². The van der Waals surface area contributed by atoms with Crippen molar-refractivity contribution in [3.63, 3.8) is 0 Å². The summed E-state index contributed by atoms with van der Waals surface area (Å²) in [6.45, 7) is 0. The van der Waals surface area contributed by atoms with E-state index in [2.05, 4.69) is 17.5 Å². The number of aromatic carboxylic acids is 1. The maximum atomic E-state index is 11.6. The molecule has 0 saturated carbocycles. The number of fused-ring (bicyclic) bond motifs is 3. The lowest BCUT2D eigenvalue weighted by Crippen LogP contribution is -2.30. The van der Waals surface area contributed by atoms with Gasteiger partial charge in [-0.25, -0.2) is 4.79 Å². The Kier molecular flexibility index (Phi) is 3.78. The summed E-state index contributed by atoms with van der Waals surface area (Å²) in [5.41, 5.74) is 2.92. The molecule has 0 saturated heterocycles. The monoisotopic (exact) mass is 359 g/mol. The molecule has 0 spiro atoms. The van der Waals surface area contributed by atoms with Crippen molar-refractivity contribution in [1.29, 1.82) is 0 Å². The minimum Gasteiger partial charge on any atom is -0.478 e. The summed E-state index contributed by atoms with van der Waals surface area (Å²) in [7, 11) is 0. The van der Waals surface area contributed by atoms with Crippen molar-refractivity contribution in [1.82, 2.24) is 0 Å². The second-order valence-corrected chi connectivity index (χ2v) is 7.00. The predicted molar refractivity (Wildman–Crippen MR) is 96.2 cm³/mol. The molecule has 122 valence electrons. The molecular weight excluding hydrogens is 345 g/mol. The standard InChI is InChI=1S/C19H15Cl2NO2/c20-14-8-9-15(21)18-16(14)10-6-3-7-11(10)17(22-18)12-4-1-2-5-13(12)19(23)24/h1-6,8-11,17,22H,7H2,(H,23,24)/t10-,11-,17+/m0/s1. The molecule has 24 heavy (non-hydrogen) atoms. The van der Waals surface area contributed by atoms with Gasteiger partial charge in [0, 0.05) is 16.5 Å². The molecule has 1 aliphatic heterocycles. The van der Waals surface area contributed by atoms with Crippen LogP contribution >= 0.6 is 23.2 Å². The first kappa shape index (κ1) is 15.6. The summed E-state index contributed by atoms with van der Waals surface area (Å²) < 4.78 is 0. The first-order chi connectivity index (χ1) is 11.6. The van der Waals surface area contributed by atoms with Crippen LogP contribution in [-0.4, -0.2) is 11.1 Å². The summed E-state index contributed by atoms with van der Waals surface area (Å²) in [6, 6.07) is 10.6. The molecule has 0 radical (unpaired) electrons. The maximum absolute atomic E-state index is 11.6. The highest BCUT2D eigenvalue weighted by Gasteiger charge is 2.40. The second-order valence-electron chi connectivity index (χ2n) is 6.19. The average molecular weight is 360 g/mol. The quantitative estimate of drug-likeness (QED) is 0.694. The Bertz CT molecular complexity index is 862. The van der Waals surface area contributed by atoms with Crippen LogP contribution in [0, 0.1) is 5.92 Å². The number of anilines is 1. The predicted octanol–water partition coefficient (Wildman–Crippen LogP) is 5.52. The molecule has 2 aromatic rings. The number of rotatable bonds is 2. The van der Waals surface area contributed by atoms with Crippen molar-refractivity contribution in [2.24, 2.45) is 5.92 Å². The van der Waals surface area contributed by atoms with Crippen LogP contribution in [0.2, 0.25) is 10.0 Å². The molecular formula is C19H15Cl2NO2. The Balaban J connectivity index is 1.88. The molecule has 2 aromatic carbocycles. The molecule has 1 heterocycles. The van der Waals surface area contributed by atoms with Gasteiger partial charge < -0.3 is 10.4 Å². The second kappa shape index (κ2) is 5.83. The Morgan fingerprint density at radius 1 is 1.12 bits per heavy atom. The third kappa shape index (κ3) is 2.31. The van der Waals surface area contributed by atoms with Crippen molar-refractivity contribution < 1.29 is 9.90 Å². The fourth-order valence-electron chi connectivity index (χ4n) is 3.90. The zero-order chi connectivity index (χ0) is 16.8. The van der Waals surface area contributed by atoms with Crippen LogP contribution in [0.1, 0.15) is 39.9 Å². The zero-order valence-electron chi connectivity index (χ0n) is 12.7. The summed E-state index contributed by atoms with van der Waals surface area (Å²) in [6.07, 6.45) is 5.17. The smallest absolute Gasteiger partial charge is 0.336 e. The third-order valence-electron chi connectivity index (χ3n) is 4.94. The fourth-order valence-corrected chi connectivity index (χ4v) is 4.40. The van der Waals surface area contributed by atoms with Gasteiger partial charge in [0.2, 0.25) is 0 Å². The van der Waals surface area contributed by atoms with Crippen LogP contribution in [0.3, 0.4) is 0 Å². The highest BCUT2D eigenvalue weighted by molar-refractivity contribution is 6.36. The fraction of sp³-hybridized carbons (Fsp3) is 0.211. The van der Waals surface area contributed by atoms with Crippen LogP contribution in [0.5, 0.6) is 0 Å². The molecule has 5 heteroatoms. The van der Waals surface area contributed by atoms with Crippen LogP contribution in [-0.2, 0) is 0 Å². The number of carboxylic acid groups (broad SMARTS) is 1. The number of carboxylic acids is 1. The van der Waals surface area contributed by atoms with E-state index in [0.29, 0.717) is 15.6 Å². The summed E-state index contributed by atoms with van der Waals surface area (Å²) in [4.78, 5) is 11.6. The number of allylic oxidation sites excluding steroid dienone is 2. The van der Waals surface area contributed by atoms with Crippen LogP contribution in [0.25, 0.3) is 0 Å². The topological polar surface area (TPSA) is 49.3 Å². The number of halogens is 2. The minimum absolute atomic E-state index is 0.124. The van der Waals surface area contributed by atoms with E-state index in [1.165, 1.54) is 0 Å². The SMILES string of the molecule is O=C(O)c1ccccc1[C@@H]1Nc2c(Cl)ccc(Cl)c2[C@H]2C=CC[C@@H]21. The van der Waals surface area contributed by atoms with Crippen molar-refractivity contribution in [2.75, 3.05) is 5.32 Å². The van der Waals surface area contributed by atoms with E-state index in [9.17, 15) is 9.90 Å². The molecule has 2 N–H and O–H groups in total. The van der Waals surface area contributed by atoms with Crippen LogP contribution < -0.4 is 5.32 Å². The van der Waals surface area contributed by atoms with Gasteiger partial charge in [-0.1, -0.05) is 53.6 Å². The minimum atomic E-state index is -0.919. The van der Waals surface area contributed by atoms with Gasteiger partial charge in [0.05, 0.1) is 22.3 Å². The Morgan fingerprint density at radius 2 is 1.88 bits per heavy atom. The van der Waals surface area contributed by atoms with E-state index in [4.69, 9.17) is 23.2 Å². The Labute approximate surface area is 149 Å². The highest BCUT2D eigenvalue weighted by atomic mass is 35.5. The molecule has 0 fully saturated rings. The van der Waals surface area contributed by atoms with Gasteiger partial charge in [-0.15, -0.1) is 0 Å². The molecule has 3 atom stereocenters. The van der Waals surface area contributed by atoms with E-state index in [0.717, 1.165) is 23.2 Å². The number of benzene rings is 2. The first-order valence-corrected chi connectivity index (χ1v) is 8.57. The van der Waals surface area contributed by atoms with Gasteiger partial charge in [0.1, 0.15) is 0 Å². The Morgan fingerprint density at radius 3 is 2.67 bits per heavy atom. The molecule has 2 aliphatic rings. The molecule has 4 rings (SSSR count). The van der Waals surface area contributed by atoms with Crippen LogP contribution in [0.15, 0.2) is 48.6 Å². The molecule has 3 nitrogen and oxygen atoms in total. The lowest BCUT2D eigenvalue weighted by atomic mass is 9.76. The van der Waals surface area contributed by atoms with Crippen molar-refractivity contribution in [3.8, 4) is 0 Å². The van der Waals surface area contributed by atoms with E-state index in [1.807, 2.05) is 18.2 Å². The normalized spacial score (nSPS) is 24.2. The van der Waals surface area contributed by atoms with Crippen molar-refractivity contribution in [3.05, 3.63) is 75.3 Å². The summed E-state index contributed by atoms with van der Waals surface area (Å²) in [5, 5.41) is 14.3. The number of hydrogen-bond acceptors (Lipinski definition) is 2. The lowest BCUT2D eigenvalue weighted by Gasteiger charge is -2.38. The average Bonchev–Trinajstić information content (AvgIpc) is 3.06. The van der Waals surface area contributed by atoms with E-state index >= 15 is 0 Å². The highest BCUT2D eigenvalue weighted by Crippen LogP contribution is 2.53. The first-order valence-electron chi connectivity index (χ1n) is 7.81. The van der Waals surface area contributed by atoms with E-state index < -0.39 is 5.97 Å². The van der Waals surface area contributed by atoms with Gasteiger partial charge in [-0.3, -0.25) is 0 Å². The zero-order valence-corrected chi connectivity index (χ0v) is 14.2. The summed E-state index contributed by atoms with van der Waals surface area (Å²) >= 11 is 12.8. The van der Waals surface area contributed by atoms with Crippen molar-refractivity contribution >= 4 is 34.9 Å². The molecule has 0 aromatic heterocycles. The molecule has 1 aliphatic carbocycles. The van der Waals surface area contributed by atoms with Gasteiger partial charge >= 0.3 is 5.97 Å². The number of nitrogens with one attached hydrogen (secondary N) is 1. The number of hydrogen-bond donors (Lipinski definition) is 2. The van der Waals surface area contributed by atoms with E-state index in [-0.39, 0.29) is 17.9 Å². The van der Waals surface area contributed by atoms with Gasteiger partial charge in [0.15, 0.2) is 0 Å².